The van der Waals surface area contributed by atoms with E-state index < -0.39 is 10.2 Å². The molecule has 0 aromatic heterocycles. The first-order valence-electron chi connectivity index (χ1n) is 7.99. The van der Waals surface area contributed by atoms with Gasteiger partial charge in [-0.3, -0.25) is 0 Å². The van der Waals surface area contributed by atoms with Crippen LogP contribution in [0.15, 0.2) is 0 Å². The number of rotatable bonds is 4. The first kappa shape index (κ1) is 16.2. The van der Waals surface area contributed by atoms with Crippen molar-refractivity contribution in [2.24, 2.45) is 5.92 Å². The molecule has 2 fully saturated rings. The lowest BCUT2D eigenvalue weighted by Gasteiger charge is -2.36. The molecule has 0 aromatic rings. The average Bonchev–Trinajstić information content (AvgIpc) is 2.76. The summed E-state index contributed by atoms with van der Waals surface area (Å²) in [6, 6.07) is 0.194. The van der Waals surface area contributed by atoms with Crippen molar-refractivity contribution < 1.29 is 8.42 Å². The normalized spacial score (nSPS) is 30.4. The van der Waals surface area contributed by atoms with Gasteiger partial charge in [0.1, 0.15) is 0 Å². The number of nitrogens with one attached hydrogen (secondary N) is 1. The lowest BCUT2D eigenvalue weighted by atomic mass is 9.85. The zero-order chi connectivity index (χ0) is 14.6. The minimum atomic E-state index is -3.28. The van der Waals surface area contributed by atoms with Gasteiger partial charge in [-0.05, 0) is 44.6 Å². The Morgan fingerprint density at radius 1 is 1.15 bits per heavy atom. The lowest BCUT2D eigenvalue weighted by molar-refractivity contribution is 0.222. The standard InChI is InChI=1S/C14H29N3O2S/c1-3-13-5-7-14(8-6-13)16(2)20(18,19)17-11-4-9-15-10-12-17/h13-15H,3-12H2,1-2H3. The molecule has 5 nitrogen and oxygen atoms in total. The lowest BCUT2D eigenvalue weighted by Crippen LogP contribution is -2.48. The number of hydrogen-bond donors (Lipinski definition) is 1. The first-order chi connectivity index (χ1) is 9.55. The maximum Gasteiger partial charge on any atom is 0.282 e. The monoisotopic (exact) mass is 303 g/mol. The van der Waals surface area contributed by atoms with Gasteiger partial charge in [-0.2, -0.15) is 17.0 Å². The molecular weight excluding hydrogens is 274 g/mol. The molecule has 118 valence electrons. The third-order valence-electron chi connectivity index (χ3n) is 4.90. The van der Waals surface area contributed by atoms with E-state index in [0.29, 0.717) is 13.1 Å². The molecule has 1 N–H and O–H groups in total. The average molecular weight is 303 g/mol. The Morgan fingerprint density at radius 3 is 2.50 bits per heavy atom. The minimum Gasteiger partial charge on any atom is -0.315 e. The van der Waals surface area contributed by atoms with Crippen molar-refractivity contribution in [1.82, 2.24) is 13.9 Å². The quantitative estimate of drug-likeness (QED) is 0.855. The van der Waals surface area contributed by atoms with Gasteiger partial charge in [0.25, 0.3) is 10.2 Å². The van der Waals surface area contributed by atoms with E-state index in [2.05, 4.69) is 12.2 Å². The molecule has 20 heavy (non-hydrogen) atoms. The van der Waals surface area contributed by atoms with Crippen LogP contribution in [0.5, 0.6) is 0 Å². The van der Waals surface area contributed by atoms with Crippen LogP contribution < -0.4 is 5.32 Å². The Hall–Kier alpha value is -0.170. The molecule has 1 saturated heterocycles. The minimum absolute atomic E-state index is 0.194. The molecule has 0 radical (unpaired) electrons. The van der Waals surface area contributed by atoms with E-state index in [-0.39, 0.29) is 6.04 Å². The van der Waals surface area contributed by atoms with Crippen LogP contribution in [-0.4, -0.2) is 56.3 Å². The van der Waals surface area contributed by atoms with Gasteiger partial charge in [0.05, 0.1) is 0 Å². The summed E-state index contributed by atoms with van der Waals surface area (Å²) in [6.45, 7) is 5.14. The van der Waals surface area contributed by atoms with Crippen molar-refractivity contribution >= 4 is 10.2 Å². The molecule has 1 aliphatic heterocycles. The molecule has 1 heterocycles. The molecule has 0 spiro atoms. The molecule has 0 aromatic carbocycles. The Bertz CT molecular complexity index is 383. The predicted molar refractivity (Wildman–Crippen MR) is 81.8 cm³/mol. The third kappa shape index (κ3) is 3.72. The van der Waals surface area contributed by atoms with Gasteiger partial charge in [-0.15, -0.1) is 0 Å². The van der Waals surface area contributed by atoms with E-state index in [0.717, 1.165) is 38.3 Å². The Kier molecular flexibility index (Phi) is 5.84. The van der Waals surface area contributed by atoms with E-state index in [1.807, 2.05) is 0 Å². The zero-order valence-electron chi connectivity index (χ0n) is 12.8. The summed E-state index contributed by atoms with van der Waals surface area (Å²) in [7, 11) is -1.51. The van der Waals surface area contributed by atoms with Gasteiger partial charge in [0.15, 0.2) is 0 Å². The molecule has 6 heteroatoms. The fraction of sp³-hybridized carbons (Fsp3) is 1.00. The highest BCUT2D eigenvalue weighted by atomic mass is 32.2. The summed E-state index contributed by atoms with van der Waals surface area (Å²) in [5, 5.41) is 3.26. The summed E-state index contributed by atoms with van der Waals surface area (Å²) in [5.41, 5.74) is 0. The van der Waals surface area contributed by atoms with Crippen LogP contribution in [-0.2, 0) is 10.2 Å². The van der Waals surface area contributed by atoms with E-state index in [9.17, 15) is 8.42 Å². The smallest absolute Gasteiger partial charge is 0.282 e. The van der Waals surface area contributed by atoms with Crippen LogP contribution in [0.4, 0.5) is 0 Å². The van der Waals surface area contributed by atoms with Gasteiger partial charge in [-0.1, -0.05) is 13.3 Å². The molecular formula is C14H29N3O2S. The van der Waals surface area contributed by atoms with Crippen LogP contribution in [0, 0.1) is 5.92 Å². The van der Waals surface area contributed by atoms with Gasteiger partial charge in [-0.25, -0.2) is 0 Å². The SMILES string of the molecule is CCC1CCC(N(C)S(=O)(=O)N2CCCNCC2)CC1. The van der Waals surface area contributed by atoms with E-state index >= 15 is 0 Å². The fourth-order valence-electron chi connectivity index (χ4n) is 3.34. The van der Waals surface area contributed by atoms with E-state index in [1.165, 1.54) is 19.3 Å². The maximum atomic E-state index is 12.7. The van der Waals surface area contributed by atoms with Crippen LogP contribution >= 0.6 is 0 Å². The number of hydrogen-bond acceptors (Lipinski definition) is 3. The summed E-state index contributed by atoms with van der Waals surface area (Å²) >= 11 is 0. The topological polar surface area (TPSA) is 52.7 Å². The van der Waals surface area contributed by atoms with Crippen molar-refractivity contribution in [3.05, 3.63) is 0 Å². The van der Waals surface area contributed by atoms with Crippen molar-refractivity contribution in [2.75, 3.05) is 33.2 Å². The largest absolute Gasteiger partial charge is 0.315 e. The highest BCUT2D eigenvalue weighted by Crippen LogP contribution is 2.30. The fourth-order valence-corrected chi connectivity index (χ4v) is 4.97. The van der Waals surface area contributed by atoms with Crippen molar-refractivity contribution in [2.45, 2.75) is 51.5 Å². The Labute approximate surface area is 123 Å². The predicted octanol–water partition coefficient (Wildman–Crippen LogP) is 1.43. The van der Waals surface area contributed by atoms with Crippen LogP contribution in [0.25, 0.3) is 0 Å². The van der Waals surface area contributed by atoms with Gasteiger partial charge >= 0.3 is 0 Å². The molecule has 2 rings (SSSR count). The summed E-state index contributed by atoms with van der Waals surface area (Å²) in [6.07, 6.45) is 6.49. The molecule has 1 aliphatic carbocycles. The second kappa shape index (κ2) is 7.20. The van der Waals surface area contributed by atoms with Crippen LogP contribution in [0.2, 0.25) is 0 Å². The highest BCUT2D eigenvalue weighted by molar-refractivity contribution is 7.86. The Morgan fingerprint density at radius 2 is 1.85 bits per heavy atom. The van der Waals surface area contributed by atoms with E-state index in [1.54, 1.807) is 15.7 Å². The summed E-state index contributed by atoms with van der Waals surface area (Å²) < 4.78 is 28.7. The van der Waals surface area contributed by atoms with E-state index in [4.69, 9.17) is 0 Å². The molecule has 0 amide bonds. The van der Waals surface area contributed by atoms with Crippen molar-refractivity contribution in [3.8, 4) is 0 Å². The second-order valence-corrected chi connectivity index (χ2v) is 8.10. The van der Waals surface area contributed by atoms with Crippen molar-refractivity contribution in [1.29, 1.82) is 0 Å². The van der Waals surface area contributed by atoms with Crippen LogP contribution in [0.3, 0.4) is 0 Å². The van der Waals surface area contributed by atoms with Gasteiger partial charge in [0, 0.05) is 32.7 Å². The maximum absolute atomic E-state index is 12.7. The zero-order valence-corrected chi connectivity index (χ0v) is 13.7. The molecule has 0 bridgehead atoms. The van der Waals surface area contributed by atoms with Gasteiger partial charge < -0.3 is 5.32 Å². The number of nitrogens with zero attached hydrogens (tertiary/aromatic N) is 2. The molecule has 0 unspecified atom stereocenters. The third-order valence-corrected chi connectivity index (χ3v) is 6.94. The molecule has 1 saturated carbocycles. The first-order valence-corrected chi connectivity index (χ1v) is 9.39. The molecule has 2 aliphatic rings. The Balaban J connectivity index is 1.97. The highest BCUT2D eigenvalue weighted by Gasteiger charge is 2.34. The van der Waals surface area contributed by atoms with Crippen molar-refractivity contribution in [3.63, 3.8) is 0 Å². The summed E-state index contributed by atoms with van der Waals surface area (Å²) in [4.78, 5) is 0. The summed E-state index contributed by atoms with van der Waals surface area (Å²) in [5.74, 6) is 0.796. The second-order valence-electron chi connectivity index (χ2n) is 6.11. The van der Waals surface area contributed by atoms with Gasteiger partial charge in [0.2, 0.25) is 0 Å². The van der Waals surface area contributed by atoms with Crippen LogP contribution in [0.1, 0.15) is 45.4 Å². The molecule has 0 atom stereocenters.